The second-order valence-corrected chi connectivity index (χ2v) is 8.93. The topological polar surface area (TPSA) is 55.2 Å². The highest BCUT2D eigenvalue weighted by Crippen LogP contribution is 2.24. The molecule has 0 aliphatic heterocycles. The molecule has 5 nitrogen and oxygen atoms in total. The highest BCUT2D eigenvalue weighted by Gasteiger charge is 2.14. The van der Waals surface area contributed by atoms with Gasteiger partial charge in [0.05, 0.1) is 10.9 Å². The number of hydrogen-bond acceptors (Lipinski definition) is 4. The first-order chi connectivity index (χ1) is 13.8. The van der Waals surface area contributed by atoms with E-state index in [0.29, 0.717) is 44.9 Å². The van der Waals surface area contributed by atoms with Crippen LogP contribution >= 0.6 is 23.4 Å². The number of carbonyl (C=O) groups excluding carboxylic acids is 1. The van der Waals surface area contributed by atoms with Gasteiger partial charge in [0.1, 0.15) is 0 Å². The number of hydrogen-bond donors (Lipinski definition) is 0. The minimum Gasteiger partial charge on any atom is -0.345 e. The molecule has 1 aromatic heterocycles. The van der Waals surface area contributed by atoms with Crippen LogP contribution in [0.4, 0.5) is 0 Å². The highest BCUT2D eigenvalue weighted by molar-refractivity contribution is 7.98. The van der Waals surface area contributed by atoms with E-state index in [0.717, 1.165) is 5.56 Å². The maximum absolute atomic E-state index is 13.0. The molecule has 0 saturated heterocycles. The van der Waals surface area contributed by atoms with Gasteiger partial charge in [-0.25, -0.2) is 4.98 Å². The van der Waals surface area contributed by atoms with Crippen molar-refractivity contribution in [2.75, 3.05) is 14.1 Å². The van der Waals surface area contributed by atoms with Crippen molar-refractivity contribution < 1.29 is 4.79 Å². The number of carbonyl (C=O) groups is 1. The lowest BCUT2D eigenvalue weighted by atomic mass is 10.1. The van der Waals surface area contributed by atoms with Crippen LogP contribution in [0.5, 0.6) is 0 Å². The predicted molar refractivity (Wildman–Crippen MR) is 120 cm³/mol. The monoisotopic (exact) mass is 429 g/mol. The fraction of sp³-hybridized carbons (Fsp3) is 0.318. The van der Waals surface area contributed by atoms with Crippen LogP contribution in [0.1, 0.15) is 29.8 Å². The molecule has 0 aliphatic carbocycles. The van der Waals surface area contributed by atoms with Gasteiger partial charge in [-0.1, -0.05) is 49.3 Å². The lowest BCUT2D eigenvalue weighted by molar-refractivity contribution is 0.0827. The average molecular weight is 430 g/mol. The molecule has 0 atom stereocenters. The van der Waals surface area contributed by atoms with E-state index in [1.165, 1.54) is 11.8 Å². The van der Waals surface area contributed by atoms with Gasteiger partial charge in [-0.05, 0) is 41.8 Å². The summed E-state index contributed by atoms with van der Waals surface area (Å²) in [5.41, 5.74) is 2.29. The number of nitrogens with zero attached hydrogens (tertiary/aromatic N) is 3. The normalized spacial score (nSPS) is 11.2. The average Bonchev–Trinajstić information content (AvgIpc) is 2.69. The summed E-state index contributed by atoms with van der Waals surface area (Å²) in [7, 11) is 3.47. The Labute approximate surface area is 179 Å². The van der Waals surface area contributed by atoms with Crippen LogP contribution in [0.2, 0.25) is 5.02 Å². The van der Waals surface area contributed by atoms with Gasteiger partial charge in [-0.15, -0.1) is 0 Å². The van der Waals surface area contributed by atoms with E-state index in [-0.39, 0.29) is 11.5 Å². The van der Waals surface area contributed by atoms with Gasteiger partial charge in [-0.3, -0.25) is 14.2 Å². The van der Waals surface area contributed by atoms with Gasteiger partial charge in [0.25, 0.3) is 11.5 Å². The van der Waals surface area contributed by atoms with E-state index < -0.39 is 0 Å². The first kappa shape index (κ1) is 21.4. The Morgan fingerprint density at radius 3 is 2.48 bits per heavy atom. The van der Waals surface area contributed by atoms with Crippen LogP contribution in [-0.4, -0.2) is 34.5 Å². The molecule has 0 spiro atoms. The molecular formula is C22H24ClN3O2S. The van der Waals surface area contributed by atoms with Gasteiger partial charge < -0.3 is 4.90 Å². The van der Waals surface area contributed by atoms with Gasteiger partial charge in [-0.2, -0.15) is 0 Å². The molecule has 1 amide bonds. The van der Waals surface area contributed by atoms with Gasteiger partial charge in [0.15, 0.2) is 5.16 Å². The third-order valence-corrected chi connectivity index (χ3v) is 5.69. The Kier molecular flexibility index (Phi) is 6.65. The number of aromatic nitrogens is 2. The second kappa shape index (κ2) is 9.01. The van der Waals surface area contributed by atoms with Gasteiger partial charge >= 0.3 is 0 Å². The molecule has 3 rings (SSSR count). The van der Waals surface area contributed by atoms with Crippen LogP contribution in [0, 0.1) is 5.92 Å². The Morgan fingerprint density at radius 2 is 1.86 bits per heavy atom. The largest absolute Gasteiger partial charge is 0.345 e. The van der Waals surface area contributed by atoms with Crippen LogP contribution in [-0.2, 0) is 12.3 Å². The fourth-order valence-corrected chi connectivity index (χ4v) is 4.10. The molecule has 29 heavy (non-hydrogen) atoms. The summed E-state index contributed by atoms with van der Waals surface area (Å²) < 4.78 is 1.73. The summed E-state index contributed by atoms with van der Waals surface area (Å²) in [5.74, 6) is 0.937. The molecule has 2 aromatic carbocycles. The number of thioether (sulfide) groups is 1. The zero-order valence-corrected chi connectivity index (χ0v) is 18.5. The molecular weight excluding hydrogens is 406 g/mol. The first-order valence-corrected chi connectivity index (χ1v) is 10.8. The summed E-state index contributed by atoms with van der Waals surface area (Å²) in [4.78, 5) is 31.3. The number of amides is 1. The van der Waals surface area contributed by atoms with E-state index in [1.54, 1.807) is 41.8 Å². The third kappa shape index (κ3) is 5.00. The van der Waals surface area contributed by atoms with E-state index in [2.05, 4.69) is 13.8 Å². The smallest absolute Gasteiger partial charge is 0.262 e. The maximum Gasteiger partial charge on any atom is 0.262 e. The number of benzene rings is 2. The highest BCUT2D eigenvalue weighted by atomic mass is 35.5. The predicted octanol–water partition coefficient (Wildman–Crippen LogP) is 4.70. The molecule has 1 heterocycles. The molecule has 0 saturated carbocycles. The first-order valence-electron chi connectivity index (χ1n) is 9.39. The zero-order valence-electron chi connectivity index (χ0n) is 17.0. The minimum absolute atomic E-state index is 0.0233. The van der Waals surface area contributed by atoms with Crippen molar-refractivity contribution in [2.24, 2.45) is 5.92 Å². The lowest BCUT2D eigenvalue weighted by Crippen LogP contribution is -2.25. The number of rotatable bonds is 6. The molecule has 0 unspecified atom stereocenters. The van der Waals surface area contributed by atoms with E-state index >= 15 is 0 Å². The molecule has 3 aromatic rings. The van der Waals surface area contributed by atoms with Crippen LogP contribution in [0.15, 0.2) is 52.4 Å². The number of fused-ring (bicyclic) bond motifs is 1. The van der Waals surface area contributed by atoms with Crippen LogP contribution in [0.25, 0.3) is 10.9 Å². The molecule has 0 fully saturated rings. The molecule has 0 radical (unpaired) electrons. The SMILES string of the molecule is CC(C)Cn1c(SCc2ccc(C(=O)N(C)C)cc2)nc2ccc(Cl)cc2c1=O. The van der Waals surface area contributed by atoms with Crippen molar-refractivity contribution in [3.05, 3.63) is 69.0 Å². The molecule has 0 N–H and O–H groups in total. The van der Waals surface area contributed by atoms with Crippen molar-refractivity contribution in [1.82, 2.24) is 14.5 Å². The van der Waals surface area contributed by atoms with Gasteiger partial charge in [0, 0.05) is 37.0 Å². The summed E-state index contributed by atoms with van der Waals surface area (Å²) >= 11 is 7.60. The summed E-state index contributed by atoms with van der Waals surface area (Å²) in [5, 5.41) is 1.75. The summed E-state index contributed by atoms with van der Waals surface area (Å²) in [6.07, 6.45) is 0. The Morgan fingerprint density at radius 1 is 1.17 bits per heavy atom. The Balaban J connectivity index is 1.90. The molecule has 152 valence electrons. The maximum atomic E-state index is 13.0. The van der Waals surface area contributed by atoms with Crippen molar-refractivity contribution in [3.63, 3.8) is 0 Å². The molecule has 7 heteroatoms. The molecule has 0 aliphatic rings. The number of halogens is 1. The quantitative estimate of drug-likeness (QED) is 0.421. The van der Waals surface area contributed by atoms with E-state index in [9.17, 15) is 9.59 Å². The van der Waals surface area contributed by atoms with Gasteiger partial charge in [0.2, 0.25) is 0 Å². The Hall–Kier alpha value is -2.31. The van der Waals surface area contributed by atoms with Crippen molar-refractivity contribution >= 4 is 40.2 Å². The minimum atomic E-state index is -0.0689. The Bertz CT molecular complexity index is 1090. The van der Waals surface area contributed by atoms with E-state index in [1.807, 2.05) is 24.3 Å². The molecule has 0 bridgehead atoms. The standard InChI is InChI=1S/C22H24ClN3O2S/c1-14(2)12-26-21(28)18-11-17(23)9-10-19(18)24-22(26)29-13-15-5-7-16(8-6-15)20(27)25(3)4/h5-11,14H,12-13H2,1-4H3. The summed E-state index contributed by atoms with van der Waals surface area (Å²) in [6, 6.07) is 12.7. The van der Waals surface area contributed by atoms with E-state index in [4.69, 9.17) is 16.6 Å². The lowest BCUT2D eigenvalue weighted by Gasteiger charge is -2.15. The van der Waals surface area contributed by atoms with Crippen LogP contribution < -0.4 is 5.56 Å². The summed E-state index contributed by atoms with van der Waals surface area (Å²) in [6.45, 7) is 4.74. The van der Waals surface area contributed by atoms with Crippen molar-refractivity contribution in [3.8, 4) is 0 Å². The van der Waals surface area contributed by atoms with Crippen LogP contribution in [0.3, 0.4) is 0 Å². The second-order valence-electron chi connectivity index (χ2n) is 7.55. The zero-order chi connectivity index (χ0) is 21.1. The van der Waals surface area contributed by atoms with Crippen molar-refractivity contribution in [2.45, 2.75) is 31.3 Å². The van der Waals surface area contributed by atoms with Crippen molar-refractivity contribution in [1.29, 1.82) is 0 Å². The third-order valence-electron chi connectivity index (χ3n) is 4.40. The fourth-order valence-electron chi connectivity index (χ4n) is 2.96.